The summed E-state index contributed by atoms with van der Waals surface area (Å²) in [6.45, 7) is 0.560. The van der Waals surface area contributed by atoms with Gasteiger partial charge in [-0.25, -0.2) is 8.42 Å². The van der Waals surface area contributed by atoms with Crippen molar-refractivity contribution in [2.24, 2.45) is 5.92 Å². The van der Waals surface area contributed by atoms with E-state index in [2.05, 4.69) is 5.32 Å². The van der Waals surface area contributed by atoms with E-state index in [-0.39, 0.29) is 23.5 Å². The molecular weight excluding hydrogens is 278 g/mol. The maximum absolute atomic E-state index is 12.2. The Morgan fingerprint density at radius 2 is 2.05 bits per heavy atom. The fraction of sp³-hybridized carbons (Fsp3) is 0.500. The summed E-state index contributed by atoms with van der Waals surface area (Å²) >= 11 is 0. The van der Waals surface area contributed by atoms with Crippen LogP contribution >= 0.6 is 0 Å². The van der Waals surface area contributed by atoms with Gasteiger partial charge in [-0.15, -0.1) is 0 Å². The van der Waals surface area contributed by atoms with Crippen molar-refractivity contribution in [1.82, 2.24) is 5.32 Å². The van der Waals surface area contributed by atoms with Gasteiger partial charge in [-0.3, -0.25) is 4.79 Å². The minimum absolute atomic E-state index is 0.0241. The Labute approximate surface area is 118 Å². The highest BCUT2D eigenvalue weighted by Gasteiger charge is 2.34. The van der Waals surface area contributed by atoms with Crippen molar-refractivity contribution in [3.63, 3.8) is 0 Å². The molecule has 0 saturated carbocycles. The van der Waals surface area contributed by atoms with Crippen LogP contribution in [-0.4, -0.2) is 32.4 Å². The van der Waals surface area contributed by atoms with Crippen LogP contribution in [0.5, 0.6) is 5.75 Å². The number of rotatable bonds is 2. The number of amides is 1. The van der Waals surface area contributed by atoms with E-state index < -0.39 is 15.8 Å². The van der Waals surface area contributed by atoms with Gasteiger partial charge >= 0.3 is 0 Å². The second kappa shape index (κ2) is 5.09. The Morgan fingerprint density at radius 1 is 1.25 bits per heavy atom. The van der Waals surface area contributed by atoms with Gasteiger partial charge < -0.3 is 10.1 Å². The zero-order valence-corrected chi connectivity index (χ0v) is 11.9. The van der Waals surface area contributed by atoms with Crippen LogP contribution in [0.25, 0.3) is 0 Å². The molecule has 0 unspecified atom stereocenters. The Morgan fingerprint density at radius 3 is 2.80 bits per heavy atom. The molecule has 1 aromatic carbocycles. The van der Waals surface area contributed by atoms with Crippen LogP contribution in [0.3, 0.4) is 0 Å². The molecule has 0 radical (unpaired) electrons. The summed E-state index contributed by atoms with van der Waals surface area (Å²) in [6, 6.07) is 7.54. The number of sulfone groups is 1. The molecule has 0 aliphatic carbocycles. The van der Waals surface area contributed by atoms with Gasteiger partial charge in [0, 0.05) is 12.0 Å². The molecule has 6 heteroatoms. The highest BCUT2D eigenvalue weighted by molar-refractivity contribution is 7.91. The first-order chi connectivity index (χ1) is 9.55. The maximum atomic E-state index is 12.2. The largest absolute Gasteiger partial charge is 0.493 e. The second-order valence-corrected chi connectivity index (χ2v) is 7.56. The number of hydrogen-bond acceptors (Lipinski definition) is 4. The molecule has 108 valence electrons. The average Bonchev–Trinajstić information content (AvgIpc) is 2.80. The zero-order chi connectivity index (χ0) is 14.2. The van der Waals surface area contributed by atoms with Crippen LogP contribution in [0.2, 0.25) is 0 Å². The molecule has 0 bridgehead atoms. The summed E-state index contributed by atoms with van der Waals surface area (Å²) in [6.07, 6.45) is 1.14. The van der Waals surface area contributed by atoms with Gasteiger partial charge in [0.05, 0.1) is 30.1 Å². The van der Waals surface area contributed by atoms with E-state index in [4.69, 9.17) is 4.74 Å². The van der Waals surface area contributed by atoms with E-state index >= 15 is 0 Å². The van der Waals surface area contributed by atoms with Crippen LogP contribution < -0.4 is 10.1 Å². The van der Waals surface area contributed by atoms with E-state index in [0.29, 0.717) is 19.4 Å². The molecule has 1 amide bonds. The summed E-state index contributed by atoms with van der Waals surface area (Å²) in [7, 11) is -3.03. The quantitative estimate of drug-likeness (QED) is 0.885. The van der Waals surface area contributed by atoms with Crippen LogP contribution in [0, 0.1) is 5.92 Å². The highest BCUT2D eigenvalue weighted by Crippen LogP contribution is 2.32. The van der Waals surface area contributed by atoms with Crippen molar-refractivity contribution in [3.05, 3.63) is 29.8 Å². The molecule has 2 aliphatic heterocycles. The number of benzene rings is 1. The third-order valence-electron chi connectivity index (χ3n) is 3.88. The van der Waals surface area contributed by atoms with Crippen molar-refractivity contribution in [3.8, 4) is 5.75 Å². The summed E-state index contributed by atoms with van der Waals surface area (Å²) in [5.41, 5.74) is 0.966. The van der Waals surface area contributed by atoms with Crippen molar-refractivity contribution in [2.45, 2.75) is 18.9 Å². The lowest BCUT2D eigenvalue weighted by atomic mass is 9.99. The minimum Gasteiger partial charge on any atom is -0.493 e. The van der Waals surface area contributed by atoms with E-state index in [9.17, 15) is 13.2 Å². The van der Waals surface area contributed by atoms with Crippen LogP contribution in [0.15, 0.2) is 24.3 Å². The van der Waals surface area contributed by atoms with Gasteiger partial charge in [-0.05, 0) is 12.5 Å². The highest BCUT2D eigenvalue weighted by atomic mass is 32.2. The Kier molecular flexibility index (Phi) is 3.41. The summed E-state index contributed by atoms with van der Waals surface area (Å²) in [5.74, 6) is 0.324. The van der Waals surface area contributed by atoms with Crippen LogP contribution in [-0.2, 0) is 14.6 Å². The normalized spacial score (nSPS) is 27.4. The maximum Gasteiger partial charge on any atom is 0.224 e. The monoisotopic (exact) mass is 295 g/mol. The topological polar surface area (TPSA) is 72.5 Å². The molecule has 3 rings (SSSR count). The molecule has 1 N–H and O–H groups in total. The third kappa shape index (κ3) is 2.65. The molecule has 1 saturated heterocycles. The minimum atomic E-state index is -3.03. The van der Waals surface area contributed by atoms with Crippen molar-refractivity contribution >= 4 is 15.7 Å². The lowest BCUT2D eigenvalue weighted by molar-refractivity contribution is -0.125. The zero-order valence-electron chi connectivity index (χ0n) is 11.0. The first-order valence-corrected chi connectivity index (χ1v) is 8.60. The molecule has 20 heavy (non-hydrogen) atoms. The predicted octanol–water partition coefficient (Wildman–Crippen LogP) is 1.06. The van der Waals surface area contributed by atoms with E-state index in [1.165, 1.54) is 0 Å². The Balaban J connectivity index is 1.72. The Hall–Kier alpha value is -1.56. The van der Waals surface area contributed by atoms with Gasteiger partial charge in [0.2, 0.25) is 5.91 Å². The van der Waals surface area contributed by atoms with Crippen molar-refractivity contribution < 1.29 is 17.9 Å². The van der Waals surface area contributed by atoms with Crippen LogP contribution in [0.4, 0.5) is 0 Å². The first-order valence-electron chi connectivity index (χ1n) is 6.78. The number of carbonyl (C=O) groups excluding carboxylic acids is 1. The van der Waals surface area contributed by atoms with Gasteiger partial charge in [0.25, 0.3) is 0 Å². The molecular formula is C14H17NO4S. The predicted molar refractivity (Wildman–Crippen MR) is 74.2 cm³/mol. The Bertz CT molecular complexity index is 626. The number of para-hydroxylation sites is 1. The molecule has 2 heterocycles. The SMILES string of the molecule is O=C(N[C@@H]1CCOc2ccccc21)[C@H]1CCS(=O)(=O)C1. The molecule has 2 aliphatic rings. The fourth-order valence-electron chi connectivity index (χ4n) is 2.78. The van der Waals surface area contributed by atoms with E-state index in [1.54, 1.807) is 0 Å². The molecule has 0 aromatic heterocycles. The second-order valence-electron chi connectivity index (χ2n) is 5.34. The van der Waals surface area contributed by atoms with Crippen LogP contribution in [0.1, 0.15) is 24.4 Å². The van der Waals surface area contributed by atoms with Gasteiger partial charge in [0.1, 0.15) is 5.75 Å². The van der Waals surface area contributed by atoms with Crippen molar-refractivity contribution in [1.29, 1.82) is 0 Å². The summed E-state index contributed by atoms with van der Waals surface area (Å²) < 4.78 is 28.4. The average molecular weight is 295 g/mol. The van der Waals surface area contributed by atoms with Crippen molar-refractivity contribution in [2.75, 3.05) is 18.1 Å². The first kappa shape index (κ1) is 13.4. The number of hydrogen-bond donors (Lipinski definition) is 1. The standard InChI is InChI=1S/C14H17NO4S/c16-14(10-6-8-20(17,18)9-10)15-12-5-7-19-13-4-2-1-3-11(12)13/h1-4,10,12H,5-9H2,(H,15,16)/t10-,12+/m0/s1. The summed E-state index contributed by atoms with van der Waals surface area (Å²) in [4.78, 5) is 12.2. The van der Waals surface area contributed by atoms with Gasteiger partial charge in [-0.1, -0.05) is 18.2 Å². The number of nitrogens with one attached hydrogen (secondary N) is 1. The molecule has 0 spiro atoms. The summed E-state index contributed by atoms with van der Waals surface area (Å²) in [5, 5.41) is 2.97. The lowest BCUT2D eigenvalue weighted by Gasteiger charge is -2.27. The fourth-order valence-corrected chi connectivity index (χ4v) is 4.52. The molecule has 5 nitrogen and oxygen atoms in total. The van der Waals surface area contributed by atoms with Gasteiger partial charge in [0.15, 0.2) is 9.84 Å². The molecule has 2 atom stereocenters. The van der Waals surface area contributed by atoms with Gasteiger partial charge in [-0.2, -0.15) is 0 Å². The number of ether oxygens (including phenoxy) is 1. The van der Waals surface area contributed by atoms with E-state index in [1.807, 2.05) is 24.3 Å². The number of fused-ring (bicyclic) bond motifs is 1. The molecule has 1 aromatic rings. The lowest BCUT2D eigenvalue weighted by Crippen LogP contribution is -2.36. The number of carbonyl (C=O) groups is 1. The van der Waals surface area contributed by atoms with E-state index in [0.717, 1.165) is 11.3 Å². The molecule has 1 fully saturated rings. The smallest absolute Gasteiger partial charge is 0.224 e. The third-order valence-corrected chi connectivity index (χ3v) is 5.65.